The van der Waals surface area contributed by atoms with Crippen molar-refractivity contribution in [3.8, 4) is 0 Å². The molecule has 0 aromatic heterocycles. The lowest BCUT2D eigenvalue weighted by atomic mass is 10.1. The number of carboxylic acid groups (broad SMARTS) is 1. The second-order valence-electron chi connectivity index (χ2n) is 2.56. The number of rotatable bonds is 2. The largest absolute Gasteiger partial charge is 0.478 e. The summed E-state index contributed by atoms with van der Waals surface area (Å²) < 4.78 is 0. The Bertz CT molecular complexity index is 348. The van der Waals surface area contributed by atoms with Gasteiger partial charge in [0.1, 0.15) is 0 Å². The molecule has 13 heavy (non-hydrogen) atoms. The zero-order chi connectivity index (χ0) is 10.0. The van der Waals surface area contributed by atoms with Crippen LogP contribution in [-0.4, -0.2) is 11.1 Å². The molecule has 0 aliphatic carbocycles. The van der Waals surface area contributed by atoms with Crippen LogP contribution in [0.1, 0.15) is 22.8 Å². The SMILES string of the molecule is CCc1ccc(C(=O)O)c(Cl)c1Cl. The molecule has 1 N–H and O–H groups in total. The summed E-state index contributed by atoms with van der Waals surface area (Å²) >= 11 is 11.6. The lowest BCUT2D eigenvalue weighted by molar-refractivity contribution is 0.0697. The van der Waals surface area contributed by atoms with Crippen LogP contribution in [-0.2, 0) is 6.42 Å². The quantitative estimate of drug-likeness (QED) is 0.828. The minimum absolute atomic E-state index is 0.0452. The van der Waals surface area contributed by atoms with E-state index in [-0.39, 0.29) is 10.6 Å². The van der Waals surface area contributed by atoms with Crippen LogP contribution in [0.5, 0.6) is 0 Å². The highest BCUT2D eigenvalue weighted by atomic mass is 35.5. The fraction of sp³-hybridized carbons (Fsp3) is 0.222. The molecular formula is C9H8Cl2O2. The smallest absolute Gasteiger partial charge is 0.337 e. The van der Waals surface area contributed by atoms with E-state index in [1.54, 1.807) is 6.07 Å². The summed E-state index contributed by atoms with van der Waals surface area (Å²) in [4.78, 5) is 10.6. The van der Waals surface area contributed by atoms with Gasteiger partial charge < -0.3 is 5.11 Å². The van der Waals surface area contributed by atoms with E-state index in [1.165, 1.54) is 6.07 Å². The third-order valence-electron chi connectivity index (χ3n) is 1.77. The molecule has 0 saturated heterocycles. The van der Waals surface area contributed by atoms with Gasteiger partial charge in [0.25, 0.3) is 0 Å². The third-order valence-corrected chi connectivity index (χ3v) is 2.69. The van der Waals surface area contributed by atoms with E-state index in [4.69, 9.17) is 28.3 Å². The summed E-state index contributed by atoms with van der Waals surface area (Å²) in [6.07, 6.45) is 0.735. The molecule has 0 aliphatic rings. The van der Waals surface area contributed by atoms with Crippen LogP contribution in [0.4, 0.5) is 0 Å². The van der Waals surface area contributed by atoms with Crippen molar-refractivity contribution in [1.82, 2.24) is 0 Å². The zero-order valence-electron chi connectivity index (χ0n) is 6.97. The van der Waals surface area contributed by atoms with Crippen LogP contribution < -0.4 is 0 Å². The van der Waals surface area contributed by atoms with Crippen molar-refractivity contribution in [2.24, 2.45) is 0 Å². The first-order chi connectivity index (χ1) is 6.07. The molecule has 1 aromatic rings. The van der Waals surface area contributed by atoms with E-state index in [1.807, 2.05) is 6.92 Å². The van der Waals surface area contributed by atoms with E-state index in [0.29, 0.717) is 5.02 Å². The molecule has 2 nitrogen and oxygen atoms in total. The van der Waals surface area contributed by atoms with Gasteiger partial charge >= 0.3 is 5.97 Å². The Hall–Kier alpha value is -0.730. The highest BCUT2D eigenvalue weighted by molar-refractivity contribution is 6.44. The average Bonchev–Trinajstić information content (AvgIpc) is 2.09. The van der Waals surface area contributed by atoms with Gasteiger partial charge in [0.15, 0.2) is 0 Å². The second kappa shape index (κ2) is 3.99. The van der Waals surface area contributed by atoms with Crippen molar-refractivity contribution in [3.05, 3.63) is 33.3 Å². The second-order valence-corrected chi connectivity index (χ2v) is 3.31. The van der Waals surface area contributed by atoms with Crippen molar-refractivity contribution in [1.29, 1.82) is 0 Å². The number of carboxylic acids is 1. The Morgan fingerprint density at radius 2 is 2.00 bits per heavy atom. The molecule has 0 atom stereocenters. The van der Waals surface area contributed by atoms with Crippen molar-refractivity contribution in [3.63, 3.8) is 0 Å². The number of aromatic carboxylic acids is 1. The normalized spacial score (nSPS) is 10.1. The van der Waals surface area contributed by atoms with E-state index < -0.39 is 5.97 Å². The zero-order valence-corrected chi connectivity index (χ0v) is 8.49. The number of benzene rings is 1. The molecule has 0 spiro atoms. The van der Waals surface area contributed by atoms with Gasteiger partial charge in [-0.05, 0) is 18.1 Å². The number of halogens is 2. The summed E-state index contributed by atoms with van der Waals surface area (Å²) in [5, 5.41) is 9.17. The third kappa shape index (κ3) is 1.95. The van der Waals surface area contributed by atoms with Gasteiger partial charge in [-0.3, -0.25) is 0 Å². The lowest BCUT2D eigenvalue weighted by Crippen LogP contribution is -1.98. The van der Waals surface area contributed by atoms with Crippen LogP contribution >= 0.6 is 23.2 Å². The van der Waals surface area contributed by atoms with Gasteiger partial charge in [0.2, 0.25) is 0 Å². The summed E-state index contributed by atoms with van der Waals surface area (Å²) in [5.74, 6) is -1.06. The molecule has 0 fully saturated rings. The topological polar surface area (TPSA) is 37.3 Å². The number of hydrogen-bond donors (Lipinski definition) is 1. The molecule has 4 heteroatoms. The number of hydrogen-bond acceptors (Lipinski definition) is 1. The van der Waals surface area contributed by atoms with Gasteiger partial charge in [-0.1, -0.05) is 36.2 Å². The maximum absolute atomic E-state index is 10.6. The van der Waals surface area contributed by atoms with E-state index in [9.17, 15) is 4.79 Å². The lowest BCUT2D eigenvalue weighted by Gasteiger charge is -2.05. The highest BCUT2D eigenvalue weighted by Gasteiger charge is 2.13. The molecule has 0 saturated carbocycles. The fourth-order valence-electron chi connectivity index (χ4n) is 1.03. The Morgan fingerprint density at radius 1 is 1.38 bits per heavy atom. The summed E-state index contributed by atoms with van der Waals surface area (Å²) in [6, 6.07) is 3.15. The van der Waals surface area contributed by atoms with Crippen LogP contribution in [0.15, 0.2) is 12.1 Å². The fourth-order valence-corrected chi connectivity index (χ4v) is 1.59. The molecule has 1 aromatic carbocycles. The molecule has 0 heterocycles. The molecule has 70 valence electrons. The Kier molecular flexibility index (Phi) is 3.17. The first kappa shape index (κ1) is 10.4. The van der Waals surface area contributed by atoms with Crippen LogP contribution in [0.3, 0.4) is 0 Å². The Balaban J connectivity index is 3.31. The highest BCUT2D eigenvalue weighted by Crippen LogP contribution is 2.29. The molecule has 1 rings (SSSR count). The van der Waals surface area contributed by atoms with Gasteiger partial charge in [-0.15, -0.1) is 0 Å². The first-order valence-corrected chi connectivity index (χ1v) is 4.53. The molecule has 0 amide bonds. The monoisotopic (exact) mass is 218 g/mol. The van der Waals surface area contributed by atoms with E-state index in [2.05, 4.69) is 0 Å². The average molecular weight is 219 g/mol. The van der Waals surface area contributed by atoms with Gasteiger partial charge in [0.05, 0.1) is 15.6 Å². The molecule has 0 bridgehead atoms. The summed E-state index contributed by atoms with van der Waals surface area (Å²) in [5.41, 5.74) is 0.903. The van der Waals surface area contributed by atoms with Crippen molar-refractivity contribution >= 4 is 29.2 Å². The van der Waals surface area contributed by atoms with Crippen LogP contribution in [0.25, 0.3) is 0 Å². The number of carbonyl (C=O) groups is 1. The van der Waals surface area contributed by atoms with Crippen LogP contribution in [0.2, 0.25) is 10.0 Å². The molecule has 0 radical (unpaired) electrons. The van der Waals surface area contributed by atoms with Gasteiger partial charge in [-0.2, -0.15) is 0 Å². The van der Waals surface area contributed by atoms with Crippen molar-refractivity contribution in [2.45, 2.75) is 13.3 Å². The van der Waals surface area contributed by atoms with E-state index in [0.717, 1.165) is 12.0 Å². The maximum atomic E-state index is 10.6. The number of aryl methyl sites for hydroxylation is 1. The van der Waals surface area contributed by atoms with Crippen LogP contribution in [0, 0.1) is 0 Å². The van der Waals surface area contributed by atoms with E-state index >= 15 is 0 Å². The van der Waals surface area contributed by atoms with Gasteiger partial charge in [-0.25, -0.2) is 4.79 Å². The summed E-state index contributed by atoms with van der Waals surface area (Å²) in [7, 11) is 0. The Morgan fingerprint density at radius 3 is 2.46 bits per heavy atom. The standard InChI is InChI=1S/C9H8Cl2O2/c1-2-5-3-4-6(9(12)13)8(11)7(5)10/h3-4H,2H2,1H3,(H,12,13). The van der Waals surface area contributed by atoms with Gasteiger partial charge in [0, 0.05) is 0 Å². The molecular weight excluding hydrogens is 211 g/mol. The van der Waals surface area contributed by atoms with Crippen molar-refractivity contribution < 1.29 is 9.90 Å². The maximum Gasteiger partial charge on any atom is 0.337 e. The van der Waals surface area contributed by atoms with Crippen molar-refractivity contribution in [2.75, 3.05) is 0 Å². The molecule has 0 unspecified atom stereocenters. The minimum Gasteiger partial charge on any atom is -0.478 e. The predicted molar refractivity (Wildman–Crippen MR) is 52.8 cm³/mol. The predicted octanol–water partition coefficient (Wildman–Crippen LogP) is 3.25. The Labute approximate surface area is 86.1 Å². The summed E-state index contributed by atoms with van der Waals surface area (Å²) in [6.45, 7) is 1.93. The minimum atomic E-state index is -1.06. The first-order valence-electron chi connectivity index (χ1n) is 3.78. The molecule has 0 aliphatic heterocycles.